The Balaban J connectivity index is 0.00000182. The van der Waals surface area contributed by atoms with Gasteiger partial charge in [-0.15, -0.1) is 24.8 Å². The van der Waals surface area contributed by atoms with Crippen LogP contribution in [0, 0.1) is 5.92 Å². The maximum absolute atomic E-state index is 12.3. The van der Waals surface area contributed by atoms with Gasteiger partial charge in [-0.2, -0.15) is 0 Å². The van der Waals surface area contributed by atoms with Gasteiger partial charge in [0.15, 0.2) is 0 Å². The van der Waals surface area contributed by atoms with Crippen molar-refractivity contribution in [2.75, 3.05) is 26.2 Å². The first-order valence-corrected chi connectivity index (χ1v) is 9.54. The maximum Gasteiger partial charge on any atom is 0.240 e. The predicted octanol–water partition coefficient (Wildman–Crippen LogP) is 2.76. The number of hydrogen-bond donors (Lipinski definition) is 2. The number of nitrogens with one attached hydrogen (secondary N) is 2. The van der Waals surface area contributed by atoms with E-state index in [1.165, 1.54) is 31.5 Å². The first-order chi connectivity index (χ1) is 12.1. The first kappa shape index (κ1) is 24.2. The minimum atomic E-state index is -0.255. The molecule has 2 saturated heterocycles. The molecular weight excluding hydrogens is 385 g/mol. The summed E-state index contributed by atoms with van der Waals surface area (Å²) in [5.74, 6) is 0.821. The van der Waals surface area contributed by atoms with E-state index in [9.17, 15) is 4.79 Å². The van der Waals surface area contributed by atoms with Gasteiger partial charge in [0.2, 0.25) is 5.91 Å². The van der Waals surface area contributed by atoms with Crippen molar-refractivity contribution in [3.05, 3.63) is 35.4 Å². The summed E-state index contributed by atoms with van der Waals surface area (Å²) < 4.78 is 5.53. The molecule has 0 aliphatic carbocycles. The van der Waals surface area contributed by atoms with Gasteiger partial charge in [0, 0.05) is 26.2 Å². The third kappa shape index (κ3) is 7.24. The molecule has 5 nitrogen and oxygen atoms in total. The van der Waals surface area contributed by atoms with Crippen molar-refractivity contribution in [2.24, 2.45) is 5.92 Å². The van der Waals surface area contributed by atoms with Gasteiger partial charge < -0.3 is 15.4 Å². The minimum absolute atomic E-state index is 0. The Morgan fingerprint density at radius 1 is 1.22 bits per heavy atom. The van der Waals surface area contributed by atoms with Crippen LogP contribution in [0.25, 0.3) is 0 Å². The molecule has 2 fully saturated rings. The Labute approximate surface area is 175 Å². The summed E-state index contributed by atoms with van der Waals surface area (Å²) in [6, 6.07) is 8.36. The normalized spacial score (nSPS) is 25.8. The highest BCUT2D eigenvalue weighted by molar-refractivity contribution is 5.85. The summed E-state index contributed by atoms with van der Waals surface area (Å²) in [5.41, 5.74) is 2.48. The van der Waals surface area contributed by atoms with Crippen LogP contribution in [0.4, 0.5) is 0 Å². The van der Waals surface area contributed by atoms with Crippen LogP contribution in [0.3, 0.4) is 0 Å². The molecule has 1 aromatic rings. The number of halogens is 2. The average Bonchev–Trinajstić information content (AvgIpc) is 2.61. The fraction of sp³-hybridized carbons (Fsp3) is 0.650. The van der Waals surface area contributed by atoms with Gasteiger partial charge in [-0.05, 0) is 43.4 Å². The van der Waals surface area contributed by atoms with E-state index < -0.39 is 0 Å². The van der Waals surface area contributed by atoms with Crippen molar-refractivity contribution in [3.63, 3.8) is 0 Å². The average molecular weight is 418 g/mol. The molecular formula is C20H33Cl2N3O2. The fourth-order valence-corrected chi connectivity index (χ4v) is 3.78. The lowest BCUT2D eigenvalue weighted by Gasteiger charge is -2.30. The maximum atomic E-state index is 12.3. The van der Waals surface area contributed by atoms with Crippen molar-refractivity contribution in [3.8, 4) is 0 Å². The van der Waals surface area contributed by atoms with Gasteiger partial charge in [-0.25, -0.2) is 0 Å². The lowest BCUT2D eigenvalue weighted by molar-refractivity contribution is -0.129. The number of ether oxygens (including phenoxy) is 1. The third-order valence-corrected chi connectivity index (χ3v) is 5.24. The number of carbonyl (C=O) groups is 1. The fourth-order valence-electron chi connectivity index (χ4n) is 3.78. The molecule has 3 rings (SSSR count). The zero-order valence-corrected chi connectivity index (χ0v) is 17.9. The van der Waals surface area contributed by atoms with Crippen LogP contribution < -0.4 is 10.6 Å². The second-order valence-electron chi connectivity index (χ2n) is 7.52. The van der Waals surface area contributed by atoms with E-state index in [4.69, 9.17) is 4.74 Å². The number of carbonyl (C=O) groups excluding carboxylic acids is 1. The van der Waals surface area contributed by atoms with Crippen molar-refractivity contribution >= 4 is 30.7 Å². The summed E-state index contributed by atoms with van der Waals surface area (Å²) in [4.78, 5) is 14.8. The Morgan fingerprint density at radius 3 is 2.59 bits per heavy atom. The number of morpholine rings is 1. The molecule has 2 aliphatic heterocycles. The molecule has 27 heavy (non-hydrogen) atoms. The number of amides is 1. The van der Waals surface area contributed by atoms with Crippen LogP contribution in [-0.4, -0.2) is 49.2 Å². The quantitative estimate of drug-likeness (QED) is 0.772. The van der Waals surface area contributed by atoms with E-state index in [0.717, 1.165) is 24.6 Å². The van der Waals surface area contributed by atoms with Crippen LogP contribution in [-0.2, 0) is 22.6 Å². The van der Waals surface area contributed by atoms with Crippen molar-refractivity contribution in [2.45, 2.75) is 51.9 Å². The summed E-state index contributed by atoms with van der Waals surface area (Å²) >= 11 is 0. The van der Waals surface area contributed by atoms with Gasteiger partial charge in [-0.1, -0.05) is 31.2 Å². The second-order valence-corrected chi connectivity index (χ2v) is 7.52. The number of hydrogen-bond acceptors (Lipinski definition) is 4. The largest absolute Gasteiger partial charge is 0.375 e. The zero-order valence-electron chi connectivity index (χ0n) is 16.3. The Kier molecular flexibility index (Phi) is 10.6. The molecule has 7 heteroatoms. The van der Waals surface area contributed by atoms with Crippen LogP contribution >= 0.6 is 24.8 Å². The van der Waals surface area contributed by atoms with E-state index >= 15 is 0 Å². The molecule has 0 aromatic heterocycles. The molecule has 1 unspecified atom stereocenters. The van der Waals surface area contributed by atoms with E-state index in [1.807, 2.05) is 6.92 Å². The summed E-state index contributed by atoms with van der Waals surface area (Å²) in [6.07, 6.45) is 2.58. The van der Waals surface area contributed by atoms with Gasteiger partial charge in [-0.3, -0.25) is 9.69 Å². The minimum Gasteiger partial charge on any atom is -0.375 e. The number of piperidine rings is 1. The molecule has 2 aliphatic rings. The van der Waals surface area contributed by atoms with E-state index in [2.05, 4.69) is 46.7 Å². The van der Waals surface area contributed by atoms with Crippen molar-refractivity contribution in [1.82, 2.24) is 15.5 Å². The molecule has 1 aromatic carbocycles. The van der Waals surface area contributed by atoms with E-state index in [0.29, 0.717) is 13.2 Å². The summed E-state index contributed by atoms with van der Waals surface area (Å²) in [5, 5.41) is 6.23. The zero-order chi connectivity index (χ0) is 17.6. The van der Waals surface area contributed by atoms with Gasteiger partial charge in [0.05, 0.1) is 12.7 Å². The molecule has 0 saturated carbocycles. The lowest BCUT2D eigenvalue weighted by Crippen LogP contribution is -2.55. The first-order valence-electron chi connectivity index (χ1n) is 9.54. The second kappa shape index (κ2) is 11.9. The number of rotatable bonds is 5. The highest BCUT2D eigenvalue weighted by Gasteiger charge is 2.27. The number of nitrogens with zero attached hydrogens (tertiary/aromatic N) is 1. The van der Waals surface area contributed by atoms with Crippen LogP contribution in [0.2, 0.25) is 0 Å². The molecule has 3 atom stereocenters. The molecule has 2 heterocycles. The Morgan fingerprint density at radius 2 is 1.93 bits per heavy atom. The van der Waals surface area contributed by atoms with Gasteiger partial charge in [0.25, 0.3) is 0 Å². The monoisotopic (exact) mass is 417 g/mol. The smallest absolute Gasteiger partial charge is 0.240 e. The molecule has 1 amide bonds. The molecule has 0 radical (unpaired) electrons. The highest BCUT2D eigenvalue weighted by atomic mass is 35.5. The number of likely N-dealkylation sites (tertiary alicyclic amines) is 1. The van der Waals surface area contributed by atoms with Gasteiger partial charge >= 0.3 is 0 Å². The van der Waals surface area contributed by atoms with Crippen molar-refractivity contribution < 1.29 is 9.53 Å². The van der Waals surface area contributed by atoms with Crippen molar-refractivity contribution in [1.29, 1.82) is 0 Å². The molecule has 154 valence electrons. The van der Waals surface area contributed by atoms with E-state index in [-0.39, 0.29) is 42.9 Å². The topological polar surface area (TPSA) is 53.6 Å². The Hall–Kier alpha value is -0.850. The Bertz CT molecular complexity index is 571. The van der Waals surface area contributed by atoms with Crippen LogP contribution in [0.5, 0.6) is 0 Å². The molecule has 0 bridgehead atoms. The highest BCUT2D eigenvalue weighted by Crippen LogP contribution is 2.18. The van der Waals surface area contributed by atoms with Crippen LogP contribution in [0.1, 0.15) is 37.8 Å². The standard InChI is InChI=1S/C20H31N3O2.2ClH/c1-15-4-3-10-23(13-15)14-18-7-5-17(6-8-18)12-22-20(24)19-16(2)25-11-9-21-19;;/h5-8,15-16,19,21H,3-4,9-14H2,1-2H3,(H,22,24);2*1H/t15?,16-,19+;;/m1../s1. The SMILES string of the molecule is CC1CCCN(Cc2ccc(CNC(=O)[C@H]3NCCO[C@@H]3C)cc2)C1.Cl.Cl. The summed E-state index contributed by atoms with van der Waals surface area (Å²) in [7, 11) is 0. The van der Waals surface area contributed by atoms with Crippen LogP contribution in [0.15, 0.2) is 24.3 Å². The molecule has 0 spiro atoms. The lowest BCUT2D eigenvalue weighted by atomic mass is 9.99. The van der Waals surface area contributed by atoms with E-state index in [1.54, 1.807) is 0 Å². The predicted molar refractivity (Wildman–Crippen MR) is 114 cm³/mol. The summed E-state index contributed by atoms with van der Waals surface area (Å²) in [6.45, 7) is 9.66. The molecule has 2 N–H and O–H groups in total. The number of benzene rings is 1. The van der Waals surface area contributed by atoms with Gasteiger partial charge in [0.1, 0.15) is 6.04 Å². The third-order valence-electron chi connectivity index (χ3n) is 5.24.